The predicted octanol–water partition coefficient (Wildman–Crippen LogP) is 1.59. The maximum atomic E-state index is 13.0. The number of hydrogen-bond acceptors (Lipinski definition) is 10. The molecule has 190 valence electrons. The number of rotatable bonds is 9. The number of ether oxygens (including phenoxy) is 1. The normalized spacial score (nSPS) is 14.9. The fraction of sp³-hybridized carbons (Fsp3) is 0.455. The van der Waals surface area contributed by atoms with Crippen molar-refractivity contribution < 1.29 is 26.9 Å². The summed E-state index contributed by atoms with van der Waals surface area (Å²) in [6, 6.07) is 4.30. The number of carbonyl (C=O) groups is 2. The van der Waals surface area contributed by atoms with Crippen molar-refractivity contribution in [3.63, 3.8) is 0 Å². The monoisotopic (exact) mass is 506 g/mol. The molecular weight excluding hydrogens is 476 g/mol. The van der Waals surface area contributed by atoms with Gasteiger partial charge in [0.2, 0.25) is 5.95 Å². The predicted molar refractivity (Wildman–Crippen MR) is 130 cm³/mol. The van der Waals surface area contributed by atoms with E-state index in [1.807, 2.05) is 20.8 Å². The van der Waals surface area contributed by atoms with Crippen molar-refractivity contribution in [2.75, 3.05) is 43.2 Å². The van der Waals surface area contributed by atoms with E-state index in [2.05, 4.69) is 20.6 Å². The Hall–Kier alpha value is -3.45. The van der Waals surface area contributed by atoms with E-state index in [0.717, 1.165) is 6.26 Å². The lowest BCUT2D eigenvalue weighted by Gasteiger charge is -2.27. The summed E-state index contributed by atoms with van der Waals surface area (Å²) in [6.07, 6.45) is 2.21. The fourth-order valence-corrected chi connectivity index (χ4v) is 3.66. The molecule has 13 heteroatoms. The zero-order valence-corrected chi connectivity index (χ0v) is 20.9. The summed E-state index contributed by atoms with van der Waals surface area (Å²) < 4.78 is 33.8. The van der Waals surface area contributed by atoms with E-state index < -0.39 is 16.0 Å². The van der Waals surface area contributed by atoms with Crippen molar-refractivity contribution in [2.45, 2.75) is 26.8 Å². The number of aromatic nitrogens is 2. The molecule has 4 N–H and O–H groups in total. The smallest absolute Gasteiger partial charge is 0.306 e. The van der Waals surface area contributed by atoms with Gasteiger partial charge in [-0.2, -0.15) is 13.4 Å². The first kappa shape index (κ1) is 26.2. The summed E-state index contributed by atoms with van der Waals surface area (Å²) in [5, 5.41) is 6.12. The van der Waals surface area contributed by atoms with E-state index in [1.165, 1.54) is 18.3 Å². The second-order valence-corrected chi connectivity index (χ2v) is 10.1. The molecule has 0 unspecified atom stereocenters. The summed E-state index contributed by atoms with van der Waals surface area (Å²) in [5.41, 5.74) is 6.13. The highest BCUT2D eigenvalue weighted by molar-refractivity contribution is 7.86. The lowest BCUT2D eigenvalue weighted by atomic mass is 10.1. The summed E-state index contributed by atoms with van der Waals surface area (Å²) in [7, 11) is -3.84. The van der Waals surface area contributed by atoms with Crippen LogP contribution < -0.4 is 20.6 Å². The van der Waals surface area contributed by atoms with E-state index in [9.17, 15) is 18.0 Å². The van der Waals surface area contributed by atoms with Crippen molar-refractivity contribution in [3.8, 4) is 5.75 Å². The van der Waals surface area contributed by atoms with Crippen molar-refractivity contribution in [2.24, 2.45) is 11.7 Å². The topological polar surface area (TPSA) is 166 Å². The molecule has 2 heterocycles. The van der Waals surface area contributed by atoms with Crippen molar-refractivity contribution in [3.05, 3.63) is 35.5 Å². The molecule has 0 radical (unpaired) electrons. The Kier molecular flexibility index (Phi) is 8.12. The molecule has 0 spiro atoms. The molecule has 1 aromatic heterocycles. The first-order valence-electron chi connectivity index (χ1n) is 11.0. The highest BCUT2D eigenvalue weighted by atomic mass is 32.2. The van der Waals surface area contributed by atoms with Crippen LogP contribution in [0.4, 0.5) is 17.5 Å². The maximum absolute atomic E-state index is 13.0. The zero-order valence-electron chi connectivity index (χ0n) is 20.1. The zero-order chi connectivity index (χ0) is 25.8. The van der Waals surface area contributed by atoms with Crippen LogP contribution in [-0.4, -0.2) is 73.7 Å². The van der Waals surface area contributed by atoms with Crippen LogP contribution >= 0.6 is 0 Å². The summed E-state index contributed by atoms with van der Waals surface area (Å²) in [5.74, 6) is -0.417. The molecule has 1 aliphatic rings. The first-order valence-corrected chi connectivity index (χ1v) is 12.9. The maximum Gasteiger partial charge on any atom is 0.306 e. The molecule has 1 fully saturated rings. The van der Waals surface area contributed by atoms with Gasteiger partial charge in [-0.05, 0) is 25.0 Å². The van der Waals surface area contributed by atoms with Crippen LogP contribution in [0.2, 0.25) is 0 Å². The molecule has 12 nitrogen and oxygen atoms in total. The Balaban J connectivity index is 1.96. The van der Waals surface area contributed by atoms with Gasteiger partial charge in [-0.15, -0.1) is 0 Å². The standard InChI is InChI=1S/C22H30N6O6S/c1-13(2)14(3)25-20-18(19(23)29)12-24-22(27-20)26-16-9-15(10-17(11-16)34-35(4,31)32)21(30)28-5-7-33-8-6-28/h9-14H,5-8H2,1-4H3,(H2,23,29)(H2,24,25,26,27)/t14-/m1/s1. The Bertz CT molecular complexity index is 1200. The average Bonchev–Trinajstić information content (AvgIpc) is 2.77. The lowest BCUT2D eigenvalue weighted by molar-refractivity contribution is 0.0303. The quantitative estimate of drug-likeness (QED) is 0.425. The van der Waals surface area contributed by atoms with Crippen LogP contribution in [0.15, 0.2) is 24.4 Å². The molecule has 3 rings (SSSR count). The van der Waals surface area contributed by atoms with E-state index in [1.54, 1.807) is 11.0 Å². The highest BCUT2D eigenvalue weighted by Gasteiger charge is 2.21. The number of nitrogens with one attached hydrogen (secondary N) is 2. The minimum atomic E-state index is -3.84. The van der Waals surface area contributed by atoms with E-state index in [-0.39, 0.29) is 46.5 Å². The van der Waals surface area contributed by atoms with Crippen LogP contribution in [0, 0.1) is 5.92 Å². The van der Waals surface area contributed by atoms with Crippen molar-refractivity contribution in [1.29, 1.82) is 0 Å². The molecule has 1 aliphatic heterocycles. The summed E-state index contributed by atoms with van der Waals surface area (Å²) >= 11 is 0. The van der Waals surface area contributed by atoms with Crippen LogP contribution in [0.25, 0.3) is 0 Å². The minimum absolute atomic E-state index is 0.0138. The number of amides is 2. The van der Waals surface area contributed by atoms with Gasteiger partial charge in [-0.3, -0.25) is 9.59 Å². The fourth-order valence-electron chi connectivity index (χ4n) is 3.21. The van der Waals surface area contributed by atoms with Gasteiger partial charge in [0.1, 0.15) is 11.6 Å². The number of anilines is 3. The Morgan fingerprint density at radius 2 is 1.86 bits per heavy atom. The number of morpholine rings is 1. The molecule has 1 saturated heterocycles. The van der Waals surface area contributed by atoms with Gasteiger partial charge in [-0.25, -0.2) is 4.98 Å². The van der Waals surface area contributed by atoms with Gasteiger partial charge < -0.3 is 30.2 Å². The SMILES string of the molecule is CC(C)[C@@H](C)Nc1nc(Nc2cc(OS(C)(=O)=O)cc(C(=O)N3CCOCC3)c2)ncc1C(N)=O. The minimum Gasteiger partial charge on any atom is -0.383 e. The third-order valence-corrected chi connectivity index (χ3v) is 5.87. The second kappa shape index (κ2) is 10.9. The molecule has 2 aromatic rings. The number of primary amides is 1. The molecule has 0 bridgehead atoms. The van der Waals surface area contributed by atoms with Gasteiger partial charge >= 0.3 is 10.1 Å². The van der Waals surface area contributed by atoms with Gasteiger partial charge in [0.15, 0.2) is 0 Å². The van der Waals surface area contributed by atoms with Gasteiger partial charge in [0.05, 0.1) is 25.0 Å². The molecule has 35 heavy (non-hydrogen) atoms. The lowest BCUT2D eigenvalue weighted by Crippen LogP contribution is -2.40. The molecule has 1 aromatic carbocycles. The molecule has 0 saturated carbocycles. The Labute approximate surface area is 204 Å². The first-order chi connectivity index (χ1) is 16.4. The molecular formula is C22H30N6O6S. The number of nitrogens with zero attached hydrogens (tertiary/aromatic N) is 3. The van der Waals surface area contributed by atoms with Gasteiger partial charge in [0.25, 0.3) is 11.8 Å². The van der Waals surface area contributed by atoms with Crippen molar-refractivity contribution >= 4 is 39.4 Å². The number of nitrogens with two attached hydrogens (primary N) is 1. The second-order valence-electron chi connectivity index (χ2n) is 8.56. The third kappa shape index (κ3) is 7.26. The van der Waals surface area contributed by atoms with E-state index >= 15 is 0 Å². The Morgan fingerprint density at radius 1 is 1.17 bits per heavy atom. The van der Waals surface area contributed by atoms with E-state index in [0.29, 0.717) is 32.0 Å². The summed E-state index contributed by atoms with van der Waals surface area (Å²) in [4.78, 5) is 35.0. The van der Waals surface area contributed by atoms with Crippen molar-refractivity contribution in [1.82, 2.24) is 14.9 Å². The largest absolute Gasteiger partial charge is 0.383 e. The van der Waals surface area contributed by atoms with Crippen LogP contribution in [0.3, 0.4) is 0 Å². The summed E-state index contributed by atoms with van der Waals surface area (Å²) in [6.45, 7) is 7.64. The third-order valence-electron chi connectivity index (χ3n) is 5.37. The molecule has 0 aliphatic carbocycles. The number of carbonyl (C=O) groups excluding carboxylic acids is 2. The number of benzene rings is 1. The number of hydrogen-bond donors (Lipinski definition) is 3. The molecule has 1 atom stereocenters. The van der Waals surface area contributed by atoms with E-state index in [4.69, 9.17) is 14.7 Å². The Morgan fingerprint density at radius 3 is 2.46 bits per heavy atom. The van der Waals surface area contributed by atoms with Gasteiger partial charge in [-0.1, -0.05) is 13.8 Å². The van der Waals surface area contributed by atoms with Gasteiger partial charge in [0, 0.05) is 42.6 Å². The average molecular weight is 507 g/mol. The van der Waals surface area contributed by atoms with Crippen LogP contribution in [0.5, 0.6) is 5.75 Å². The van der Waals surface area contributed by atoms with Crippen LogP contribution in [0.1, 0.15) is 41.5 Å². The molecule has 2 amide bonds. The van der Waals surface area contributed by atoms with Crippen LogP contribution in [-0.2, 0) is 14.9 Å². The highest BCUT2D eigenvalue weighted by Crippen LogP contribution is 2.26.